The lowest BCUT2D eigenvalue weighted by atomic mass is 11.4. The highest BCUT2D eigenvalue weighted by molar-refractivity contribution is 7.65. The van der Waals surface area contributed by atoms with Crippen LogP contribution in [0.3, 0.4) is 0 Å². The van der Waals surface area contributed by atoms with Gasteiger partial charge in [-0.3, -0.25) is 0 Å². The van der Waals surface area contributed by atoms with E-state index in [2.05, 4.69) is 25.3 Å². The Morgan fingerprint density at radius 3 is 1.62 bits per heavy atom. The molecule has 6 N–H and O–H groups in total. The van der Waals surface area contributed by atoms with Gasteiger partial charge in [-0.2, -0.15) is 13.8 Å². The summed E-state index contributed by atoms with van der Waals surface area (Å²) < 4.78 is 30.6. The number of hydrogen-bond donors (Lipinski definition) is 4. The predicted octanol–water partition coefficient (Wildman–Crippen LogP) is -0.822. The first kappa shape index (κ1) is 12.3. The normalized spacial score (nSPS) is 21.7. The largest absolute Gasteiger partial charge is 0.461 e. The van der Waals surface area contributed by atoms with E-state index < -0.39 is 15.5 Å². The van der Waals surface area contributed by atoms with E-state index in [1.54, 1.807) is 0 Å². The van der Waals surface area contributed by atoms with Gasteiger partial charge in [-0.05, 0) is 0 Å². The van der Waals surface area contributed by atoms with Crippen molar-refractivity contribution in [2.45, 2.75) is 0 Å². The summed E-state index contributed by atoms with van der Waals surface area (Å²) in [5, 5.41) is 0. The molecule has 0 saturated heterocycles. The van der Waals surface area contributed by atoms with Gasteiger partial charge in [0.15, 0.2) is 0 Å². The second kappa shape index (κ2) is 4.50. The Kier molecular flexibility index (Phi) is 4.25. The number of nitrogens with two attached hydrogens (primary N) is 2. The zero-order valence-electron chi connectivity index (χ0n) is 6.22. The van der Waals surface area contributed by atoms with Crippen LogP contribution in [-0.2, 0) is 13.4 Å². The van der Waals surface area contributed by atoms with Gasteiger partial charge in [-0.25, -0.2) is 9.13 Å². The molecule has 0 aromatic carbocycles. The summed E-state index contributed by atoms with van der Waals surface area (Å²) in [5.74, 6) is 0. The molecule has 11 heteroatoms. The molecule has 9 nitrogen and oxygen atoms in total. The molecular formula is C2H8N4O5P2. The van der Waals surface area contributed by atoms with Crippen LogP contribution in [0.2, 0.25) is 0 Å². The van der Waals surface area contributed by atoms with Crippen LogP contribution < -0.4 is 11.5 Å². The molecule has 13 heavy (non-hydrogen) atoms. The third kappa shape index (κ3) is 5.51. The third-order valence-corrected chi connectivity index (χ3v) is 3.19. The molecule has 0 fully saturated rings. The molecule has 0 spiro atoms. The lowest BCUT2D eigenvalue weighted by molar-refractivity contribution is 0.334. The standard InChI is InChI=1S/C2H8N4O5P2/c3-1-5-12(7,8)11-13(9,10)6-2-4/h1-2H,(H3,3,5,7,8)(H3,4,6,9,10). The molecule has 0 amide bonds. The highest BCUT2D eigenvalue weighted by atomic mass is 31.3. The van der Waals surface area contributed by atoms with Crippen molar-refractivity contribution in [3.63, 3.8) is 0 Å². The fourth-order valence-corrected chi connectivity index (χ4v) is 2.13. The molecule has 2 unspecified atom stereocenters. The fraction of sp³-hybridized carbons (Fsp3) is 0. The molecule has 76 valence electrons. The molecule has 0 rings (SSSR count). The van der Waals surface area contributed by atoms with Crippen LogP contribution in [0.1, 0.15) is 0 Å². The summed E-state index contributed by atoms with van der Waals surface area (Å²) in [6.07, 6.45) is 0.930. The average molecular weight is 230 g/mol. The van der Waals surface area contributed by atoms with Crippen molar-refractivity contribution in [3.05, 3.63) is 0 Å². The Balaban J connectivity index is 4.62. The van der Waals surface area contributed by atoms with Crippen LogP contribution in [0.15, 0.2) is 9.53 Å². The highest BCUT2D eigenvalue weighted by Gasteiger charge is 2.30. The Bertz CT molecular complexity index is 282. The first-order valence-electron chi connectivity index (χ1n) is 2.71. The van der Waals surface area contributed by atoms with Crippen LogP contribution in [0.25, 0.3) is 0 Å². The van der Waals surface area contributed by atoms with Gasteiger partial charge in [0, 0.05) is 0 Å². The quantitative estimate of drug-likeness (QED) is 0.278. The van der Waals surface area contributed by atoms with Crippen LogP contribution in [0, 0.1) is 0 Å². The highest BCUT2D eigenvalue weighted by Crippen LogP contribution is 2.60. The van der Waals surface area contributed by atoms with Crippen LogP contribution in [-0.4, -0.2) is 22.5 Å². The Hall–Kier alpha value is -0.720. The van der Waals surface area contributed by atoms with Crippen molar-refractivity contribution in [2.75, 3.05) is 0 Å². The fourth-order valence-electron chi connectivity index (χ4n) is 0.349. The maximum atomic E-state index is 10.7. The Labute approximate surface area is 73.3 Å². The minimum atomic E-state index is -4.58. The van der Waals surface area contributed by atoms with Gasteiger partial charge in [0.05, 0.1) is 12.7 Å². The SMILES string of the molecule is NC=NP(=O)(O)OP(=O)(O)N=CN. The molecule has 2 atom stereocenters. The summed E-state index contributed by atoms with van der Waals surface area (Å²) in [5.41, 5.74) is 9.34. The van der Waals surface area contributed by atoms with Crippen LogP contribution in [0.4, 0.5) is 0 Å². The molecule has 0 aromatic heterocycles. The molecule has 0 aliphatic rings. The first-order valence-corrected chi connectivity index (χ1v) is 5.77. The number of nitrogens with zero attached hydrogens (tertiary/aromatic N) is 2. The maximum Gasteiger partial charge on any atom is 0.461 e. The van der Waals surface area contributed by atoms with E-state index in [1.807, 2.05) is 0 Å². The van der Waals surface area contributed by atoms with E-state index in [0.717, 1.165) is 0 Å². The second-order valence-corrected chi connectivity index (χ2v) is 4.67. The Morgan fingerprint density at radius 1 is 1.08 bits per heavy atom. The summed E-state index contributed by atoms with van der Waals surface area (Å²) in [6, 6.07) is 0. The summed E-state index contributed by atoms with van der Waals surface area (Å²) >= 11 is 0. The van der Waals surface area contributed by atoms with Gasteiger partial charge in [0.1, 0.15) is 0 Å². The van der Waals surface area contributed by atoms with Gasteiger partial charge in [0.25, 0.3) is 0 Å². The second-order valence-electron chi connectivity index (χ2n) is 1.59. The van der Waals surface area contributed by atoms with Crippen molar-refractivity contribution in [3.8, 4) is 0 Å². The van der Waals surface area contributed by atoms with E-state index in [9.17, 15) is 9.13 Å². The Morgan fingerprint density at radius 2 is 1.38 bits per heavy atom. The average Bonchev–Trinajstić information content (AvgIpc) is 1.82. The van der Waals surface area contributed by atoms with Crippen LogP contribution >= 0.6 is 15.5 Å². The summed E-state index contributed by atoms with van der Waals surface area (Å²) in [7, 11) is -9.16. The lowest BCUT2D eigenvalue weighted by Crippen LogP contribution is -1.93. The molecule has 0 aliphatic carbocycles. The third-order valence-electron chi connectivity index (χ3n) is 0.638. The molecule has 0 bridgehead atoms. The monoisotopic (exact) mass is 230 g/mol. The first-order chi connectivity index (χ1) is 5.83. The lowest BCUT2D eigenvalue weighted by Gasteiger charge is -2.07. The predicted molar refractivity (Wildman–Crippen MR) is 46.1 cm³/mol. The maximum absolute atomic E-state index is 10.7. The molecular weight excluding hydrogens is 222 g/mol. The molecule has 0 aliphatic heterocycles. The van der Waals surface area contributed by atoms with Gasteiger partial charge >= 0.3 is 15.5 Å². The zero-order valence-corrected chi connectivity index (χ0v) is 8.01. The summed E-state index contributed by atoms with van der Waals surface area (Å²) in [4.78, 5) is 17.4. The molecule has 0 heterocycles. The van der Waals surface area contributed by atoms with Gasteiger partial charge in [-0.15, -0.1) is 0 Å². The summed E-state index contributed by atoms with van der Waals surface area (Å²) in [6.45, 7) is 0. The van der Waals surface area contributed by atoms with E-state index in [0.29, 0.717) is 12.7 Å². The van der Waals surface area contributed by atoms with Gasteiger partial charge < -0.3 is 21.3 Å². The van der Waals surface area contributed by atoms with Crippen molar-refractivity contribution in [2.24, 2.45) is 21.0 Å². The topological polar surface area (TPSA) is 161 Å². The van der Waals surface area contributed by atoms with E-state index in [-0.39, 0.29) is 0 Å². The van der Waals surface area contributed by atoms with Crippen molar-refractivity contribution in [1.82, 2.24) is 0 Å². The smallest absolute Gasteiger partial charge is 0.390 e. The minimum absolute atomic E-state index is 0.465. The van der Waals surface area contributed by atoms with E-state index >= 15 is 0 Å². The van der Waals surface area contributed by atoms with Crippen molar-refractivity contribution >= 4 is 28.2 Å². The van der Waals surface area contributed by atoms with Crippen molar-refractivity contribution in [1.29, 1.82) is 0 Å². The van der Waals surface area contributed by atoms with Crippen LogP contribution in [0.5, 0.6) is 0 Å². The molecule has 0 saturated carbocycles. The van der Waals surface area contributed by atoms with Gasteiger partial charge in [-0.1, -0.05) is 0 Å². The molecule has 0 aromatic rings. The number of hydrogen-bond acceptors (Lipinski definition) is 3. The van der Waals surface area contributed by atoms with E-state index in [4.69, 9.17) is 9.79 Å². The van der Waals surface area contributed by atoms with E-state index in [1.165, 1.54) is 0 Å². The zero-order chi connectivity index (χ0) is 10.5. The van der Waals surface area contributed by atoms with Crippen molar-refractivity contribution < 1.29 is 23.2 Å². The van der Waals surface area contributed by atoms with Gasteiger partial charge in [0.2, 0.25) is 0 Å². The number of rotatable bonds is 4. The molecule has 0 radical (unpaired) electrons. The minimum Gasteiger partial charge on any atom is -0.390 e.